The zero-order chi connectivity index (χ0) is 11.8. The number of nitrogens with one attached hydrogen (secondary N) is 2. The second-order valence-electron chi connectivity index (χ2n) is 3.73. The minimum absolute atomic E-state index is 0.00606. The highest BCUT2D eigenvalue weighted by Gasteiger charge is 2.16. The van der Waals surface area contributed by atoms with Gasteiger partial charge in [0, 0.05) is 32.6 Å². The zero-order valence-corrected chi connectivity index (χ0v) is 9.50. The van der Waals surface area contributed by atoms with Gasteiger partial charge in [0.05, 0.1) is 6.54 Å². The van der Waals surface area contributed by atoms with E-state index in [4.69, 9.17) is 0 Å². The van der Waals surface area contributed by atoms with Gasteiger partial charge >= 0.3 is 0 Å². The Balaban J connectivity index is 2.18. The molecule has 0 aliphatic carbocycles. The van der Waals surface area contributed by atoms with Crippen molar-refractivity contribution in [1.82, 2.24) is 15.5 Å². The first-order chi connectivity index (χ1) is 7.74. The molecule has 0 aromatic carbocycles. The number of allylic oxidation sites excluding steroid dienone is 1. The van der Waals surface area contributed by atoms with Crippen LogP contribution in [0.3, 0.4) is 0 Å². The topological polar surface area (TPSA) is 61.4 Å². The van der Waals surface area contributed by atoms with E-state index in [9.17, 15) is 9.59 Å². The molecule has 1 saturated heterocycles. The Bertz CT molecular complexity index is 260. The largest absolute Gasteiger partial charge is 0.347 e. The fourth-order valence-electron chi connectivity index (χ4n) is 1.52. The van der Waals surface area contributed by atoms with Gasteiger partial charge in [0.15, 0.2) is 0 Å². The van der Waals surface area contributed by atoms with Gasteiger partial charge in [-0.1, -0.05) is 6.08 Å². The van der Waals surface area contributed by atoms with Crippen molar-refractivity contribution in [2.75, 3.05) is 32.7 Å². The molecule has 5 heteroatoms. The summed E-state index contributed by atoms with van der Waals surface area (Å²) in [6, 6.07) is 0. The van der Waals surface area contributed by atoms with Crippen LogP contribution in [0.25, 0.3) is 0 Å². The van der Waals surface area contributed by atoms with Crippen molar-refractivity contribution in [1.29, 1.82) is 0 Å². The van der Waals surface area contributed by atoms with E-state index in [0.29, 0.717) is 12.8 Å². The fourth-order valence-corrected chi connectivity index (χ4v) is 1.52. The van der Waals surface area contributed by atoms with Crippen LogP contribution < -0.4 is 10.6 Å². The monoisotopic (exact) mass is 225 g/mol. The summed E-state index contributed by atoms with van der Waals surface area (Å²) in [5, 5.41) is 5.79. The van der Waals surface area contributed by atoms with Crippen LogP contribution in [0, 0.1) is 0 Å². The predicted octanol–water partition coefficient (Wildman–Crippen LogP) is -0.499. The second-order valence-corrected chi connectivity index (χ2v) is 3.73. The Hall–Kier alpha value is -1.36. The molecule has 0 unspecified atom stereocenters. The lowest BCUT2D eigenvalue weighted by molar-refractivity contribution is -0.133. The summed E-state index contributed by atoms with van der Waals surface area (Å²) in [7, 11) is 0. The number of carbonyl (C=O) groups excluding carboxylic acids is 2. The molecule has 0 spiro atoms. The van der Waals surface area contributed by atoms with E-state index in [1.807, 2.05) is 0 Å². The lowest BCUT2D eigenvalue weighted by Crippen LogP contribution is -2.49. The van der Waals surface area contributed by atoms with E-state index in [-0.39, 0.29) is 18.4 Å². The number of piperazine rings is 1. The second kappa shape index (κ2) is 7.00. The number of hydrogen-bond donors (Lipinski definition) is 2. The van der Waals surface area contributed by atoms with Crippen molar-refractivity contribution >= 4 is 11.8 Å². The molecule has 0 atom stereocenters. The van der Waals surface area contributed by atoms with Crippen LogP contribution in [0.2, 0.25) is 0 Å². The van der Waals surface area contributed by atoms with E-state index in [2.05, 4.69) is 17.2 Å². The molecular weight excluding hydrogens is 206 g/mol. The Kier molecular flexibility index (Phi) is 5.56. The summed E-state index contributed by atoms with van der Waals surface area (Å²) < 4.78 is 0. The van der Waals surface area contributed by atoms with Crippen LogP contribution in [0.1, 0.15) is 12.8 Å². The Morgan fingerprint density at radius 1 is 1.38 bits per heavy atom. The molecule has 16 heavy (non-hydrogen) atoms. The molecule has 1 aliphatic rings. The van der Waals surface area contributed by atoms with Gasteiger partial charge in [0.1, 0.15) is 0 Å². The van der Waals surface area contributed by atoms with Gasteiger partial charge in [0.25, 0.3) is 0 Å². The summed E-state index contributed by atoms with van der Waals surface area (Å²) in [6.45, 7) is 6.75. The molecule has 2 amide bonds. The third-order valence-electron chi connectivity index (χ3n) is 2.48. The van der Waals surface area contributed by atoms with Crippen molar-refractivity contribution in [2.24, 2.45) is 0 Å². The molecule has 2 N–H and O–H groups in total. The highest BCUT2D eigenvalue weighted by Crippen LogP contribution is 1.93. The molecular formula is C11H19N3O2. The van der Waals surface area contributed by atoms with Gasteiger partial charge in [-0.2, -0.15) is 0 Å². The van der Waals surface area contributed by atoms with Gasteiger partial charge in [-0.05, 0) is 6.42 Å². The van der Waals surface area contributed by atoms with Crippen LogP contribution in [0.4, 0.5) is 0 Å². The van der Waals surface area contributed by atoms with Gasteiger partial charge in [-0.25, -0.2) is 0 Å². The molecule has 0 aromatic heterocycles. The molecule has 0 radical (unpaired) electrons. The summed E-state index contributed by atoms with van der Waals surface area (Å²) >= 11 is 0. The maximum Gasteiger partial charge on any atom is 0.242 e. The van der Waals surface area contributed by atoms with Crippen molar-refractivity contribution in [3.63, 3.8) is 0 Å². The zero-order valence-electron chi connectivity index (χ0n) is 9.50. The van der Waals surface area contributed by atoms with Crippen LogP contribution >= 0.6 is 0 Å². The van der Waals surface area contributed by atoms with Crippen molar-refractivity contribution in [3.8, 4) is 0 Å². The average Bonchev–Trinajstić information content (AvgIpc) is 2.34. The maximum atomic E-state index is 11.6. The molecule has 90 valence electrons. The summed E-state index contributed by atoms with van der Waals surface area (Å²) in [4.78, 5) is 24.7. The van der Waals surface area contributed by atoms with Gasteiger partial charge < -0.3 is 15.5 Å². The smallest absolute Gasteiger partial charge is 0.242 e. The van der Waals surface area contributed by atoms with E-state index in [0.717, 1.165) is 26.2 Å². The Morgan fingerprint density at radius 2 is 2.06 bits per heavy atom. The molecule has 0 aromatic rings. The van der Waals surface area contributed by atoms with Crippen LogP contribution in [0.15, 0.2) is 12.7 Å². The first-order valence-electron chi connectivity index (χ1n) is 5.60. The Morgan fingerprint density at radius 3 is 2.69 bits per heavy atom. The Labute approximate surface area is 95.9 Å². The molecule has 5 nitrogen and oxygen atoms in total. The molecule has 1 heterocycles. The lowest BCUT2D eigenvalue weighted by atomic mass is 10.3. The summed E-state index contributed by atoms with van der Waals surface area (Å²) in [6.07, 6.45) is 2.74. The minimum Gasteiger partial charge on any atom is -0.347 e. The van der Waals surface area contributed by atoms with E-state index < -0.39 is 0 Å². The number of amides is 2. The van der Waals surface area contributed by atoms with Crippen molar-refractivity contribution in [3.05, 3.63) is 12.7 Å². The molecule has 1 fully saturated rings. The molecule has 0 bridgehead atoms. The standard InChI is InChI=1S/C11H19N3O2/c1-2-3-4-10(15)13-9-11(16)14-7-5-12-6-8-14/h2,12H,1,3-9H2,(H,13,15). The molecule has 1 rings (SSSR count). The summed E-state index contributed by atoms with van der Waals surface area (Å²) in [5.74, 6) is -0.100. The van der Waals surface area contributed by atoms with Crippen molar-refractivity contribution < 1.29 is 9.59 Å². The number of nitrogens with zero attached hydrogens (tertiary/aromatic N) is 1. The van der Waals surface area contributed by atoms with E-state index >= 15 is 0 Å². The average molecular weight is 225 g/mol. The normalized spacial score (nSPS) is 15.6. The van der Waals surface area contributed by atoms with Gasteiger partial charge in [-0.15, -0.1) is 6.58 Å². The molecule has 0 saturated carbocycles. The van der Waals surface area contributed by atoms with E-state index in [1.165, 1.54) is 0 Å². The fraction of sp³-hybridized carbons (Fsp3) is 0.636. The third-order valence-corrected chi connectivity index (χ3v) is 2.48. The van der Waals surface area contributed by atoms with E-state index in [1.54, 1.807) is 11.0 Å². The first kappa shape index (κ1) is 12.7. The number of carbonyl (C=O) groups is 2. The first-order valence-corrected chi connectivity index (χ1v) is 5.60. The van der Waals surface area contributed by atoms with Crippen molar-refractivity contribution in [2.45, 2.75) is 12.8 Å². The number of hydrogen-bond acceptors (Lipinski definition) is 3. The predicted molar refractivity (Wildman–Crippen MR) is 61.9 cm³/mol. The number of rotatable bonds is 5. The summed E-state index contributed by atoms with van der Waals surface area (Å²) in [5.41, 5.74) is 0. The van der Waals surface area contributed by atoms with Crippen LogP contribution in [0.5, 0.6) is 0 Å². The minimum atomic E-state index is -0.0941. The van der Waals surface area contributed by atoms with Crippen LogP contribution in [-0.4, -0.2) is 49.4 Å². The highest BCUT2D eigenvalue weighted by atomic mass is 16.2. The third kappa shape index (κ3) is 4.44. The quantitative estimate of drug-likeness (QED) is 0.620. The maximum absolute atomic E-state index is 11.6. The highest BCUT2D eigenvalue weighted by molar-refractivity contribution is 5.84. The lowest BCUT2D eigenvalue weighted by Gasteiger charge is -2.27. The van der Waals surface area contributed by atoms with Gasteiger partial charge in [0.2, 0.25) is 11.8 Å². The van der Waals surface area contributed by atoms with Gasteiger partial charge in [-0.3, -0.25) is 9.59 Å². The van der Waals surface area contributed by atoms with Crippen LogP contribution in [-0.2, 0) is 9.59 Å². The SMILES string of the molecule is C=CCCC(=O)NCC(=O)N1CCNCC1. The molecule has 1 aliphatic heterocycles.